The molecule has 2 fully saturated rings. The zero-order valence-corrected chi connectivity index (χ0v) is 35.0. The molecule has 64 heavy (non-hydrogen) atoms. The van der Waals surface area contributed by atoms with Crippen molar-refractivity contribution in [3.05, 3.63) is 156 Å². The summed E-state index contributed by atoms with van der Waals surface area (Å²) in [6.45, 7) is 5.77. The number of rotatable bonds is 10. The summed E-state index contributed by atoms with van der Waals surface area (Å²) in [5, 5.41) is 0. The fourth-order valence-electron chi connectivity index (χ4n) is 7.89. The number of aromatic amines is 2. The van der Waals surface area contributed by atoms with E-state index in [-0.39, 0.29) is 35.2 Å². The van der Waals surface area contributed by atoms with Gasteiger partial charge in [-0.2, -0.15) is 0 Å². The Bertz CT molecular complexity index is 2730. The minimum absolute atomic E-state index is 0.0589. The molecular formula is C48H42N10O6. The number of para-hydroxylation sites is 4. The van der Waals surface area contributed by atoms with Crippen LogP contribution < -0.4 is 9.47 Å². The van der Waals surface area contributed by atoms with E-state index in [1.807, 2.05) is 58.3 Å². The average molecular weight is 855 g/mol. The third kappa shape index (κ3) is 8.92. The molecule has 4 aromatic carbocycles. The largest absolute Gasteiger partial charge is 0.437 e. The second-order valence-corrected chi connectivity index (χ2v) is 15.5. The lowest BCUT2D eigenvalue weighted by Gasteiger charge is -2.15. The maximum Gasteiger partial charge on any atom is 0.241 e. The van der Waals surface area contributed by atoms with Gasteiger partial charge < -0.3 is 29.2 Å². The smallest absolute Gasteiger partial charge is 0.241 e. The van der Waals surface area contributed by atoms with Crippen molar-refractivity contribution in [2.45, 2.75) is 38.5 Å². The number of fused-ring (bicyclic) bond motifs is 2. The van der Waals surface area contributed by atoms with Crippen molar-refractivity contribution in [3.63, 3.8) is 0 Å². The first-order valence-corrected chi connectivity index (χ1v) is 20.8. The summed E-state index contributed by atoms with van der Waals surface area (Å²) >= 11 is 0. The first kappa shape index (κ1) is 41.2. The van der Waals surface area contributed by atoms with Crippen molar-refractivity contribution in [3.8, 4) is 23.3 Å². The van der Waals surface area contributed by atoms with Crippen LogP contribution in [0.3, 0.4) is 0 Å². The third-order valence-electron chi connectivity index (χ3n) is 11.3. The summed E-state index contributed by atoms with van der Waals surface area (Å²) < 4.78 is 12.0. The van der Waals surface area contributed by atoms with Gasteiger partial charge in [-0.25, -0.2) is 19.9 Å². The fourth-order valence-corrected chi connectivity index (χ4v) is 7.89. The number of hydrogen-bond acceptors (Lipinski definition) is 12. The van der Waals surface area contributed by atoms with Crippen molar-refractivity contribution in [1.29, 1.82) is 0 Å². The van der Waals surface area contributed by atoms with Gasteiger partial charge in [-0.1, -0.05) is 24.3 Å². The molecule has 8 aromatic rings. The van der Waals surface area contributed by atoms with Crippen molar-refractivity contribution in [1.82, 2.24) is 49.7 Å². The molecule has 2 saturated heterocycles. The number of imidazole rings is 2. The number of hydrogen-bond donors (Lipinski definition) is 2. The predicted molar refractivity (Wildman–Crippen MR) is 235 cm³/mol. The van der Waals surface area contributed by atoms with E-state index in [1.165, 1.54) is 0 Å². The molecule has 2 atom stereocenters. The van der Waals surface area contributed by atoms with Crippen LogP contribution in [0.2, 0.25) is 0 Å². The molecule has 4 aromatic heterocycles. The summed E-state index contributed by atoms with van der Waals surface area (Å²) in [6, 6.07) is 28.8. The number of benzene rings is 4. The van der Waals surface area contributed by atoms with Crippen LogP contribution in [0.15, 0.2) is 122 Å². The van der Waals surface area contributed by atoms with E-state index in [2.05, 4.69) is 39.9 Å². The number of nitrogens with zero attached hydrogens (tertiary/aromatic N) is 8. The average Bonchev–Trinajstić information content (AvgIpc) is 4.16. The zero-order valence-electron chi connectivity index (χ0n) is 35.0. The van der Waals surface area contributed by atoms with Crippen LogP contribution in [0.1, 0.15) is 82.3 Å². The molecule has 16 nitrogen and oxygen atoms in total. The molecule has 0 bridgehead atoms. The standard InChI is InChI=1S/2C24H21N5O3/c2*1-15(30)29-13-10-17(14-29)21-24(26-12-11-25-21)32-18-8-6-16(7-9-18)22(31)23-27-19-4-2-3-5-20(19)28-23/h2*2-9,11-12,17H,10,13-14H2,1H3,(H,27,28)/t2*17-/m10/s1. The molecule has 0 unspecified atom stereocenters. The molecule has 0 aliphatic carbocycles. The van der Waals surface area contributed by atoms with Crippen molar-refractivity contribution in [2.75, 3.05) is 26.2 Å². The molecule has 320 valence electrons. The normalized spacial score (nSPS) is 15.8. The lowest BCUT2D eigenvalue weighted by molar-refractivity contribution is -0.128. The van der Waals surface area contributed by atoms with Crippen LogP contribution in [-0.4, -0.2) is 99.2 Å². The highest BCUT2D eigenvalue weighted by atomic mass is 16.5. The topological polar surface area (TPSA) is 202 Å². The zero-order chi connectivity index (χ0) is 44.2. The first-order chi connectivity index (χ1) is 31.2. The quantitative estimate of drug-likeness (QED) is 0.129. The van der Waals surface area contributed by atoms with Crippen LogP contribution >= 0.6 is 0 Å². The number of aromatic nitrogens is 8. The van der Waals surface area contributed by atoms with Crippen molar-refractivity contribution in [2.24, 2.45) is 0 Å². The molecule has 2 aliphatic rings. The molecule has 0 radical (unpaired) electrons. The molecule has 2 amide bonds. The van der Waals surface area contributed by atoms with E-state index in [9.17, 15) is 19.2 Å². The number of carbonyl (C=O) groups is 4. The minimum Gasteiger partial charge on any atom is -0.437 e. The van der Waals surface area contributed by atoms with E-state index in [0.29, 0.717) is 72.2 Å². The van der Waals surface area contributed by atoms with Gasteiger partial charge in [0.05, 0.1) is 22.1 Å². The van der Waals surface area contributed by atoms with Gasteiger partial charge in [-0.3, -0.25) is 29.1 Å². The molecule has 6 heterocycles. The monoisotopic (exact) mass is 854 g/mol. The summed E-state index contributed by atoms with van der Waals surface area (Å²) in [5.74, 6) is 2.42. The van der Waals surface area contributed by atoms with Gasteiger partial charge in [0.2, 0.25) is 35.1 Å². The van der Waals surface area contributed by atoms with E-state index < -0.39 is 0 Å². The molecule has 10 rings (SSSR count). The molecule has 2 aliphatic heterocycles. The Morgan fingerprint density at radius 2 is 0.922 bits per heavy atom. The molecule has 0 spiro atoms. The summed E-state index contributed by atoms with van der Waals surface area (Å²) in [4.78, 5) is 85.0. The van der Waals surface area contributed by atoms with Crippen LogP contribution in [0.4, 0.5) is 0 Å². The fraction of sp³-hybridized carbons (Fsp3) is 0.208. The van der Waals surface area contributed by atoms with Crippen LogP contribution in [0.25, 0.3) is 22.1 Å². The Labute approximate surface area is 366 Å². The SMILES string of the molecule is CC(=O)N1CC[C@@H](c2nccnc2Oc2ccc(C(=O)c3nc4ccccc4[nH]3)cc2)C1.CC(=O)N1CC[C@H](c2nccnc2Oc2ccc(C(=O)c3nc4ccccc4[nH]3)cc2)C1. The Morgan fingerprint density at radius 3 is 1.30 bits per heavy atom. The minimum atomic E-state index is -0.191. The van der Waals surface area contributed by atoms with Crippen LogP contribution in [0, 0.1) is 0 Å². The second-order valence-electron chi connectivity index (χ2n) is 15.5. The van der Waals surface area contributed by atoms with Gasteiger partial charge in [-0.05, 0) is 85.6 Å². The first-order valence-electron chi connectivity index (χ1n) is 20.8. The van der Waals surface area contributed by atoms with Gasteiger partial charge in [0, 0.05) is 87.8 Å². The van der Waals surface area contributed by atoms with Crippen molar-refractivity contribution < 1.29 is 28.7 Å². The Balaban J connectivity index is 0.000000162. The van der Waals surface area contributed by atoms with Gasteiger partial charge >= 0.3 is 0 Å². The summed E-state index contributed by atoms with van der Waals surface area (Å²) in [6.07, 6.45) is 8.06. The maximum absolute atomic E-state index is 12.8. The molecule has 0 saturated carbocycles. The Morgan fingerprint density at radius 1 is 0.531 bits per heavy atom. The van der Waals surface area contributed by atoms with Gasteiger partial charge in [0.15, 0.2) is 11.6 Å². The van der Waals surface area contributed by atoms with Crippen LogP contribution in [0.5, 0.6) is 23.3 Å². The predicted octanol–water partition coefficient (Wildman–Crippen LogP) is 7.42. The summed E-state index contributed by atoms with van der Waals surface area (Å²) in [7, 11) is 0. The highest BCUT2D eigenvalue weighted by Crippen LogP contribution is 2.34. The van der Waals surface area contributed by atoms with E-state index in [0.717, 1.165) is 46.3 Å². The van der Waals surface area contributed by atoms with E-state index in [1.54, 1.807) is 87.2 Å². The molecule has 2 N–H and O–H groups in total. The molecular weight excluding hydrogens is 813 g/mol. The van der Waals surface area contributed by atoms with Crippen molar-refractivity contribution >= 4 is 45.4 Å². The highest BCUT2D eigenvalue weighted by Gasteiger charge is 2.31. The van der Waals surface area contributed by atoms with Gasteiger partial charge in [0.1, 0.15) is 22.9 Å². The molecule has 16 heteroatoms. The second kappa shape index (κ2) is 18.1. The van der Waals surface area contributed by atoms with Gasteiger partial charge in [0.25, 0.3) is 0 Å². The van der Waals surface area contributed by atoms with E-state index >= 15 is 0 Å². The maximum atomic E-state index is 12.8. The van der Waals surface area contributed by atoms with E-state index in [4.69, 9.17) is 9.47 Å². The van der Waals surface area contributed by atoms with Gasteiger partial charge in [-0.15, -0.1) is 0 Å². The Hall–Kier alpha value is -8.14. The number of H-pyrrole nitrogens is 2. The number of nitrogens with one attached hydrogen (secondary N) is 2. The number of ketones is 2. The summed E-state index contributed by atoms with van der Waals surface area (Å²) in [5.41, 5.74) is 5.62. The third-order valence-corrected chi connectivity index (χ3v) is 11.3. The lowest BCUT2D eigenvalue weighted by atomic mass is 10.1. The Kier molecular flexibility index (Phi) is 11.6. The number of likely N-dealkylation sites (tertiary alicyclic amines) is 2. The van der Waals surface area contributed by atoms with Crippen LogP contribution in [-0.2, 0) is 9.59 Å². The lowest BCUT2D eigenvalue weighted by Crippen LogP contribution is -2.25. The number of amides is 2. The number of carbonyl (C=O) groups excluding carboxylic acids is 4. The highest BCUT2D eigenvalue weighted by molar-refractivity contribution is 6.08. The number of ether oxygens (including phenoxy) is 2.